The normalized spacial score (nSPS) is 26.3. The molecule has 0 atom stereocenters. The minimum absolute atomic E-state index is 0.400. The van der Waals surface area contributed by atoms with Gasteiger partial charge in [0.05, 0.1) is 0 Å². The van der Waals surface area contributed by atoms with Crippen LogP contribution in [-0.4, -0.2) is 29.3 Å². The van der Waals surface area contributed by atoms with Gasteiger partial charge in [0.25, 0.3) is 0 Å². The number of rotatable bonds is 2. The second kappa shape index (κ2) is 4.57. The molecule has 0 saturated heterocycles. The molecule has 15 heavy (non-hydrogen) atoms. The van der Waals surface area contributed by atoms with E-state index in [1.165, 1.54) is 0 Å². The number of nitrogens with zero attached hydrogens (tertiary/aromatic N) is 3. The van der Waals surface area contributed by atoms with Gasteiger partial charge < -0.3 is 10.6 Å². The summed E-state index contributed by atoms with van der Waals surface area (Å²) < 4.78 is 0. The molecule has 0 amide bonds. The van der Waals surface area contributed by atoms with Crippen molar-refractivity contribution >= 4 is 5.82 Å². The molecule has 1 saturated carbocycles. The number of aromatic nitrogens is 2. The summed E-state index contributed by atoms with van der Waals surface area (Å²) in [6.07, 6.45) is 6.27. The maximum atomic E-state index is 5.89. The van der Waals surface area contributed by atoms with Gasteiger partial charge in [-0.05, 0) is 37.8 Å². The van der Waals surface area contributed by atoms with Gasteiger partial charge in [0.2, 0.25) is 0 Å². The van der Waals surface area contributed by atoms with Gasteiger partial charge in [-0.1, -0.05) is 0 Å². The van der Waals surface area contributed by atoms with Crippen LogP contribution in [0.25, 0.3) is 0 Å². The lowest BCUT2D eigenvalue weighted by Gasteiger charge is -2.33. The second-order valence-corrected chi connectivity index (χ2v) is 4.26. The zero-order valence-corrected chi connectivity index (χ0v) is 9.13. The molecule has 2 rings (SSSR count). The van der Waals surface area contributed by atoms with Crippen molar-refractivity contribution in [1.82, 2.24) is 10.2 Å². The Labute approximate surface area is 90.5 Å². The van der Waals surface area contributed by atoms with Crippen LogP contribution in [0.2, 0.25) is 0 Å². The Hall–Kier alpha value is -1.16. The predicted octanol–water partition coefficient (Wildman–Crippen LogP) is 1.18. The molecule has 1 fully saturated rings. The molecule has 0 spiro atoms. The first-order valence-corrected chi connectivity index (χ1v) is 5.53. The average Bonchev–Trinajstić information content (AvgIpc) is 2.30. The maximum absolute atomic E-state index is 5.89. The largest absolute Gasteiger partial charge is 0.355 e. The third-order valence-corrected chi connectivity index (χ3v) is 3.21. The van der Waals surface area contributed by atoms with Crippen molar-refractivity contribution in [2.45, 2.75) is 37.8 Å². The smallest absolute Gasteiger partial charge is 0.151 e. The number of hydrogen-bond donors (Lipinski definition) is 1. The summed E-state index contributed by atoms with van der Waals surface area (Å²) in [6, 6.07) is 4.90. The maximum Gasteiger partial charge on any atom is 0.151 e. The van der Waals surface area contributed by atoms with Crippen molar-refractivity contribution in [3.05, 3.63) is 18.3 Å². The highest BCUT2D eigenvalue weighted by atomic mass is 15.3. The van der Waals surface area contributed by atoms with E-state index in [2.05, 4.69) is 22.1 Å². The average molecular weight is 206 g/mol. The topological polar surface area (TPSA) is 55.0 Å². The van der Waals surface area contributed by atoms with E-state index in [9.17, 15) is 0 Å². The second-order valence-electron chi connectivity index (χ2n) is 4.26. The summed E-state index contributed by atoms with van der Waals surface area (Å²) in [6.45, 7) is 0. The number of hydrogen-bond acceptors (Lipinski definition) is 4. The van der Waals surface area contributed by atoms with Crippen molar-refractivity contribution in [3.63, 3.8) is 0 Å². The highest BCUT2D eigenvalue weighted by Crippen LogP contribution is 2.23. The van der Waals surface area contributed by atoms with E-state index in [0.29, 0.717) is 12.1 Å². The molecule has 0 aliphatic heterocycles. The fourth-order valence-electron chi connectivity index (χ4n) is 2.16. The Balaban J connectivity index is 1.99. The molecule has 0 aromatic carbocycles. The molecule has 0 radical (unpaired) electrons. The lowest BCUT2D eigenvalue weighted by molar-refractivity contribution is 0.383. The molecule has 4 heteroatoms. The summed E-state index contributed by atoms with van der Waals surface area (Å²) in [7, 11) is 2.09. The highest BCUT2D eigenvalue weighted by Gasteiger charge is 2.22. The quantitative estimate of drug-likeness (QED) is 0.789. The molecule has 0 bridgehead atoms. The van der Waals surface area contributed by atoms with Crippen molar-refractivity contribution < 1.29 is 0 Å². The van der Waals surface area contributed by atoms with E-state index < -0.39 is 0 Å². The monoisotopic (exact) mass is 206 g/mol. The third-order valence-electron chi connectivity index (χ3n) is 3.21. The summed E-state index contributed by atoms with van der Waals surface area (Å²) >= 11 is 0. The zero-order chi connectivity index (χ0) is 10.7. The lowest BCUT2D eigenvalue weighted by Crippen LogP contribution is -2.39. The van der Waals surface area contributed by atoms with Gasteiger partial charge in [-0.2, -0.15) is 5.10 Å². The Kier molecular flexibility index (Phi) is 3.16. The zero-order valence-electron chi connectivity index (χ0n) is 9.13. The van der Waals surface area contributed by atoms with Crippen LogP contribution < -0.4 is 10.6 Å². The molecule has 4 nitrogen and oxygen atoms in total. The van der Waals surface area contributed by atoms with Crippen molar-refractivity contribution in [3.8, 4) is 0 Å². The third kappa shape index (κ3) is 2.45. The first-order valence-electron chi connectivity index (χ1n) is 5.53. The van der Waals surface area contributed by atoms with Crippen molar-refractivity contribution in [1.29, 1.82) is 0 Å². The Morgan fingerprint density at radius 2 is 2.07 bits per heavy atom. The Morgan fingerprint density at radius 1 is 1.33 bits per heavy atom. The van der Waals surface area contributed by atoms with Crippen molar-refractivity contribution in [2.24, 2.45) is 5.73 Å². The van der Waals surface area contributed by atoms with E-state index in [1.807, 2.05) is 12.1 Å². The minimum atomic E-state index is 0.400. The highest BCUT2D eigenvalue weighted by molar-refractivity contribution is 5.36. The van der Waals surface area contributed by atoms with E-state index in [1.54, 1.807) is 6.20 Å². The summed E-state index contributed by atoms with van der Waals surface area (Å²) in [5.41, 5.74) is 5.89. The molecular weight excluding hydrogens is 188 g/mol. The summed E-state index contributed by atoms with van der Waals surface area (Å²) in [4.78, 5) is 2.22. The SMILES string of the molecule is CN(c1cccnn1)C1CCC(N)CC1. The van der Waals surface area contributed by atoms with Crippen LogP contribution in [0.1, 0.15) is 25.7 Å². The van der Waals surface area contributed by atoms with E-state index >= 15 is 0 Å². The van der Waals surface area contributed by atoms with Crippen LogP contribution in [0, 0.1) is 0 Å². The van der Waals surface area contributed by atoms with Gasteiger partial charge in [0.15, 0.2) is 5.82 Å². The van der Waals surface area contributed by atoms with E-state index in [0.717, 1.165) is 31.5 Å². The molecule has 82 valence electrons. The Morgan fingerprint density at radius 3 is 2.67 bits per heavy atom. The van der Waals surface area contributed by atoms with E-state index in [-0.39, 0.29) is 0 Å². The fraction of sp³-hybridized carbons (Fsp3) is 0.636. The van der Waals surface area contributed by atoms with Gasteiger partial charge in [0, 0.05) is 25.3 Å². The minimum Gasteiger partial charge on any atom is -0.355 e. The molecule has 1 aliphatic carbocycles. The Bertz CT molecular complexity index is 293. The van der Waals surface area contributed by atoms with Crippen LogP contribution >= 0.6 is 0 Å². The summed E-state index contributed by atoms with van der Waals surface area (Å²) in [5.74, 6) is 0.956. The predicted molar refractivity (Wildman–Crippen MR) is 60.7 cm³/mol. The van der Waals surface area contributed by atoms with Crippen LogP contribution in [0.15, 0.2) is 18.3 Å². The van der Waals surface area contributed by atoms with Gasteiger partial charge in [-0.25, -0.2) is 0 Å². The molecule has 2 N–H and O–H groups in total. The molecule has 0 unspecified atom stereocenters. The van der Waals surface area contributed by atoms with E-state index in [4.69, 9.17) is 5.73 Å². The van der Waals surface area contributed by atoms with Gasteiger partial charge in [0.1, 0.15) is 0 Å². The fourth-order valence-corrected chi connectivity index (χ4v) is 2.16. The first kappa shape index (κ1) is 10.4. The molecule has 1 aromatic rings. The molecular formula is C11H18N4. The van der Waals surface area contributed by atoms with Gasteiger partial charge in [-0.15, -0.1) is 5.10 Å². The van der Waals surface area contributed by atoms with Crippen LogP contribution in [0.5, 0.6) is 0 Å². The number of nitrogens with two attached hydrogens (primary N) is 1. The molecule has 1 aromatic heterocycles. The first-order chi connectivity index (χ1) is 7.27. The van der Waals surface area contributed by atoms with Crippen LogP contribution in [-0.2, 0) is 0 Å². The van der Waals surface area contributed by atoms with Gasteiger partial charge >= 0.3 is 0 Å². The number of anilines is 1. The standard InChI is InChI=1S/C11H18N4/c1-15(11-3-2-8-13-14-11)10-6-4-9(12)5-7-10/h2-3,8-10H,4-7,12H2,1H3. The lowest BCUT2D eigenvalue weighted by atomic mass is 9.91. The molecule has 1 heterocycles. The van der Waals surface area contributed by atoms with Gasteiger partial charge in [-0.3, -0.25) is 0 Å². The van der Waals surface area contributed by atoms with Crippen molar-refractivity contribution in [2.75, 3.05) is 11.9 Å². The van der Waals surface area contributed by atoms with Crippen LogP contribution in [0.4, 0.5) is 5.82 Å². The van der Waals surface area contributed by atoms with Crippen LogP contribution in [0.3, 0.4) is 0 Å². The summed E-state index contributed by atoms with van der Waals surface area (Å²) in [5, 5.41) is 8.02. The molecule has 1 aliphatic rings.